The number of fused-ring (bicyclic) bond motifs is 1. The Bertz CT molecular complexity index is 1010. The van der Waals surface area contributed by atoms with Gasteiger partial charge in [0.1, 0.15) is 12.1 Å². The van der Waals surface area contributed by atoms with E-state index in [2.05, 4.69) is 41.4 Å². The molecule has 1 aliphatic heterocycles. The molecule has 1 fully saturated rings. The third kappa shape index (κ3) is 4.37. The van der Waals surface area contributed by atoms with Crippen molar-refractivity contribution in [2.24, 2.45) is 0 Å². The number of piperidine rings is 1. The van der Waals surface area contributed by atoms with E-state index in [4.69, 9.17) is 23.8 Å². The average molecular weight is 477 g/mol. The van der Waals surface area contributed by atoms with Gasteiger partial charge in [-0.2, -0.15) is 0 Å². The molecule has 2 aromatic carbocycles. The second-order valence-corrected chi connectivity index (χ2v) is 8.40. The zero-order chi connectivity index (χ0) is 19.5. The van der Waals surface area contributed by atoms with E-state index in [9.17, 15) is 0 Å². The number of anilines is 2. The van der Waals surface area contributed by atoms with Gasteiger partial charge in [-0.3, -0.25) is 0 Å². The van der Waals surface area contributed by atoms with E-state index in [1.807, 2.05) is 42.5 Å². The lowest BCUT2D eigenvalue weighted by atomic mass is 10.0. The minimum Gasteiger partial charge on any atom is -0.360 e. The Morgan fingerprint density at radius 1 is 1.14 bits per heavy atom. The third-order valence-corrected chi connectivity index (χ3v) is 5.98. The van der Waals surface area contributed by atoms with E-state index in [0.29, 0.717) is 16.2 Å². The number of nitrogens with one attached hydrogen (secondary N) is 2. The van der Waals surface area contributed by atoms with Crippen LogP contribution in [-0.4, -0.2) is 34.2 Å². The van der Waals surface area contributed by atoms with Crippen LogP contribution in [0.25, 0.3) is 10.9 Å². The predicted molar refractivity (Wildman–Crippen MR) is 123 cm³/mol. The van der Waals surface area contributed by atoms with Crippen molar-refractivity contribution in [1.29, 1.82) is 0 Å². The van der Waals surface area contributed by atoms with Crippen molar-refractivity contribution in [2.75, 3.05) is 23.3 Å². The van der Waals surface area contributed by atoms with Gasteiger partial charge in [0, 0.05) is 34.0 Å². The summed E-state index contributed by atoms with van der Waals surface area (Å²) < 4.78 is 0.990. The fraction of sp³-hybridized carbons (Fsp3) is 0.250. The largest absolute Gasteiger partial charge is 0.360 e. The molecule has 0 saturated carbocycles. The smallest absolute Gasteiger partial charge is 0.171 e. The van der Waals surface area contributed by atoms with Gasteiger partial charge in [0.05, 0.1) is 11.2 Å². The van der Waals surface area contributed by atoms with Crippen molar-refractivity contribution in [3.05, 3.63) is 58.3 Å². The molecule has 2 N–H and O–H groups in total. The molecule has 5 nitrogen and oxygen atoms in total. The summed E-state index contributed by atoms with van der Waals surface area (Å²) in [7, 11) is 0. The minimum atomic E-state index is 0.335. The lowest BCUT2D eigenvalue weighted by molar-refractivity contribution is 0.466. The van der Waals surface area contributed by atoms with E-state index in [-0.39, 0.29) is 0 Å². The Balaban J connectivity index is 1.37. The number of thiocarbonyl (C=S) groups is 1. The number of aromatic nitrogens is 2. The highest BCUT2D eigenvalue weighted by molar-refractivity contribution is 9.10. The molecule has 1 saturated heterocycles. The summed E-state index contributed by atoms with van der Waals surface area (Å²) in [6.45, 7) is 1.81. The normalized spacial score (nSPS) is 14.9. The molecule has 3 aromatic rings. The number of hydrogen-bond donors (Lipinski definition) is 2. The van der Waals surface area contributed by atoms with Crippen LogP contribution in [0.15, 0.2) is 53.3 Å². The molecule has 0 bridgehead atoms. The van der Waals surface area contributed by atoms with Crippen LogP contribution in [0.1, 0.15) is 12.8 Å². The number of hydrogen-bond acceptors (Lipinski definition) is 4. The van der Waals surface area contributed by atoms with Gasteiger partial charge >= 0.3 is 0 Å². The first-order chi connectivity index (χ1) is 13.6. The van der Waals surface area contributed by atoms with Crippen LogP contribution in [0.3, 0.4) is 0 Å². The summed E-state index contributed by atoms with van der Waals surface area (Å²) >= 11 is 15.1. The first kappa shape index (κ1) is 19.4. The molecule has 2 heterocycles. The Hall–Kier alpha value is -1.96. The first-order valence-electron chi connectivity index (χ1n) is 9.07. The summed E-state index contributed by atoms with van der Waals surface area (Å²) in [5, 5.41) is 9.05. The van der Waals surface area contributed by atoms with E-state index in [0.717, 1.165) is 52.8 Å². The average Bonchev–Trinajstić information content (AvgIpc) is 2.70. The zero-order valence-corrected chi connectivity index (χ0v) is 18.2. The molecular formula is C20H19BrClN5S. The third-order valence-electron chi connectivity index (χ3n) is 4.83. The van der Waals surface area contributed by atoms with Gasteiger partial charge in [0.2, 0.25) is 0 Å². The summed E-state index contributed by atoms with van der Waals surface area (Å²) in [5.74, 6) is 0.967. The quantitative estimate of drug-likeness (QED) is 0.519. The van der Waals surface area contributed by atoms with E-state index in [1.54, 1.807) is 6.33 Å². The summed E-state index contributed by atoms with van der Waals surface area (Å²) in [4.78, 5) is 11.2. The standard InChI is InChI=1S/C20H19BrClN5S/c21-16-3-1-2-4-17(16)26-20(28)25-14-7-9-27(10-8-14)19-15-6-5-13(22)11-18(15)23-12-24-19/h1-6,11-12,14H,7-10H2,(H2,25,26,28). The van der Waals surface area contributed by atoms with Crippen LogP contribution in [0, 0.1) is 0 Å². The molecule has 0 aliphatic carbocycles. The van der Waals surface area contributed by atoms with Crippen molar-refractivity contribution < 1.29 is 0 Å². The number of halogens is 2. The van der Waals surface area contributed by atoms with Gasteiger partial charge in [-0.1, -0.05) is 23.7 Å². The van der Waals surface area contributed by atoms with Crippen LogP contribution >= 0.6 is 39.7 Å². The van der Waals surface area contributed by atoms with Crippen molar-refractivity contribution in [1.82, 2.24) is 15.3 Å². The molecule has 28 heavy (non-hydrogen) atoms. The molecule has 144 valence electrons. The van der Waals surface area contributed by atoms with Gasteiger partial charge in [-0.25, -0.2) is 9.97 Å². The number of rotatable bonds is 3. The van der Waals surface area contributed by atoms with Gasteiger partial charge < -0.3 is 15.5 Å². The van der Waals surface area contributed by atoms with Crippen molar-refractivity contribution in [3.8, 4) is 0 Å². The lowest BCUT2D eigenvalue weighted by Crippen LogP contribution is -2.46. The fourth-order valence-electron chi connectivity index (χ4n) is 3.41. The zero-order valence-electron chi connectivity index (χ0n) is 15.0. The number of para-hydroxylation sites is 1. The van der Waals surface area contributed by atoms with Gasteiger partial charge in [0.15, 0.2) is 5.11 Å². The molecule has 0 amide bonds. The summed E-state index contributed by atoms with van der Waals surface area (Å²) in [6.07, 6.45) is 3.57. The Kier molecular flexibility index (Phi) is 5.94. The first-order valence-corrected chi connectivity index (χ1v) is 10.7. The van der Waals surface area contributed by atoms with Crippen molar-refractivity contribution >= 4 is 67.3 Å². The fourth-order valence-corrected chi connectivity index (χ4v) is 4.24. The number of nitrogens with zero attached hydrogens (tertiary/aromatic N) is 3. The predicted octanol–water partition coefficient (Wildman–Crippen LogP) is 5.00. The molecule has 0 atom stereocenters. The lowest BCUT2D eigenvalue weighted by Gasteiger charge is -2.34. The van der Waals surface area contributed by atoms with Gasteiger partial charge in [-0.05, 0) is 71.3 Å². The summed E-state index contributed by atoms with van der Waals surface area (Å²) in [5.41, 5.74) is 1.83. The highest BCUT2D eigenvalue weighted by atomic mass is 79.9. The second kappa shape index (κ2) is 8.59. The maximum Gasteiger partial charge on any atom is 0.171 e. The van der Waals surface area contributed by atoms with E-state index >= 15 is 0 Å². The van der Waals surface area contributed by atoms with Crippen LogP contribution in [-0.2, 0) is 0 Å². The van der Waals surface area contributed by atoms with Crippen LogP contribution < -0.4 is 15.5 Å². The van der Waals surface area contributed by atoms with Crippen molar-refractivity contribution in [2.45, 2.75) is 18.9 Å². The highest BCUT2D eigenvalue weighted by Gasteiger charge is 2.22. The SMILES string of the molecule is S=C(Nc1ccccc1Br)NC1CCN(c2ncnc3cc(Cl)ccc23)CC1. The number of benzene rings is 2. The summed E-state index contributed by atoms with van der Waals surface area (Å²) in [6, 6.07) is 14.0. The molecule has 4 rings (SSSR count). The molecule has 0 radical (unpaired) electrons. The van der Waals surface area contributed by atoms with Crippen LogP contribution in [0.4, 0.5) is 11.5 Å². The molecular weight excluding hydrogens is 458 g/mol. The minimum absolute atomic E-state index is 0.335. The van der Waals surface area contributed by atoms with Gasteiger partial charge in [-0.15, -0.1) is 0 Å². The van der Waals surface area contributed by atoms with E-state index < -0.39 is 0 Å². The highest BCUT2D eigenvalue weighted by Crippen LogP contribution is 2.27. The molecule has 1 aliphatic rings. The Labute approximate surface area is 182 Å². The van der Waals surface area contributed by atoms with Crippen LogP contribution in [0.2, 0.25) is 5.02 Å². The molecule has 0 spiro atoms. The second-order valence-electron chi connectivity index (χ2n) is 6.70. The monoisotopic (exact) mass is 475 g/mol. The maximum absolute atomic E-state index is 6.09. The Morgan fingerprint density at radius 3 is 2.71 bits per heavy atom. The molecule has 8 heteroatoms. The van der Waals surface area contributed by atoms with Crippen molar-refractivity contribution in [3.63, 3.8) is 0 Å². The molecule has 0 unspecified atom stereocenters. The van der Waals surface area contributed by atoms with Gasteiger partial charge in [0.25, 0.3) is 0 Å². The van der Waals surface area contributed by atoms with Crippen LogP contribution in [0.5, 0.6) is 0 Å². The maximum atomic E-state index is 6.09. The molecule has 1 aromatic heterocycles. The Morgan fingerprint density at radius 2 is 1.93 bits per heavy atom. The topological polar surface area (TPSA) is 53.1 Å². The van der Waals surface area contributed by atoms with E-state index in [1.165, 1.54) is 0 Å².